The molecular weight excluding hydrogens is 454 g/mol. The maximum Gasteiger partial charge on any atom is 0.343 e. The molecule has 6 rings (SSSR count). The van der Waals surface area contributed by atoms with Gasteiger partial charge in [-0.25, -0.2) is 4.79 Å². The molecule has 3 aliphatic rings. The van der Waals surface area contributed by atoms with E-state index in [1.807, 2.05) is 36.4 Å². The van der Waals surface area contributed by atoms with Gasteiger partial charge >= 0.3 is 5.97 Å². The van der Waals surface area contributed by atoms with Gasteiger partial charge in [0.15, 0.2) is 11.6 Å². The Morgan fingerprint density at radius 3 is 2.25 bits per heavy atom. The Kier molecular flexibility index (Phi) is 5.37. The van der Waals surface area contributed by atoms with Crippen LogP contribution in [0, 0.1) is 5.92 Å². The van der Waals surface area contributed by atoms with Crippen LogP contribution in [0.3, 0.4) is 0 Å². The van der Waals surface area contributed by atoms with Crippen molar-refractivity contribution in [1.29, 1.82) is 0 Å². The Hall–Kier alpha value is -4.32. The van der Waals surface area contributed by atoms with Crippen LogP contribution in [0.4, 0.5) is 0 Å². The number of ketones is 2. The molecular formula is C30H23NO5. The second-order valence-corrected chi connectivity index (χ2v) is 9.19. The molecule has 2 atom stereocenters. The van der Waals surface area contributed by atoms with Crippen LogP contribution in [0.5, 0.6) is 11.5 Å². The number of nitrogens with zero attached hydrogens (tertiary/aromatic N) is 1. The summed E-state index contributed by atoms with van der Waals surface area (Å²) in [4.78, 5) is 44.0. The number of hydrogen-bond acceptors (Lipinski definition) is 6. The van der Waals surface area contributed by atoms with Crippen molar-refractivity contribution in [2.45, 2.75) is 25.2 Å². The van der Waals surface area contributed by atoms with Crippen LogP contribution in [0.2, 0.25) is 0 Å². The SMILES string of the molecule is COc1ccc(C(=O)Oc2ccc(C3C4=C(CCCC4=O)N=C4c5ccccc5C(=O)C43)cc2)cc1. The molecule has 3 aromatic carbocycles. The number of esters is 1. The molecule has 2 aliphatic carbocycles. The molecule has 0 saturated carbocycles. The van der Waals surface area contributed by atoms with Gasteiger partial charge < -0.3 is 9.47 Å². The molecule has 0 fully saturated rings. The Morgan fingerprint density at radius 1 is 0.833 bits per heavy atom. The summed E-state index contributed by atoms with van der Waals surface area (Å²) in [6.45, 7) is 0. The van der Waals surface area contributed by atoms with Gasteiger partial charge in [-0.15, -0.1) is 0 Å². The fourth-order valence-electron chi connectivity index (χ4n) is 5.44. The van der Waals surface area contributed by atoms with E-state index in [9.17, 15) is 14.4 Å². The number of ether oxygens (including phenoxy) is 2. The number of methoxy groups -OCH3 is 1. The summed E-state index contributed by atoms with van der Waals surface area (Å²) in [5.41, 5.74) is 4.95. The van der Waals surface area contributed by atoms with E-state index in [1.165, 1.54) is 0 Å². The zero-order valence-corrected chi connectivity index (χ0v) is 19.7. The number of hydrogen-bond donors (Lipinski definition) is 0. The van der Waals surface area contributed by atoms with Crippen molar-refractivity contribution in [2.24, 2.45) is 10.9 Å². The van der Waals surface area contributed by atoms with Crippen LogP contribution < -0.4 is 9.47 Å². The maximum absolute atomic E-state index is 13.5. The summed E-state index contributed by atoms with van der Waals surface area (Å²) in [5, 5.41) is 0. The minimum atomic E-state index is -0.532. The first-order valence-corrected chi connectivity index (χ1v) is 12.0. The van der Waals surface area contributed by atoms with Crippen molar-refractivity contribution in [2.75, 3.05) is 7.11 Å². The highest BCUT2D eigenvalue weighted by Gasteiger charge is 2.48. The zero-order valence-electron chi connectivity index (χ0n) is 19.7. The van der Waals surface area contributed by atoms with Gasteiger partial charge in [-0.2, -0.15) is 0 Å². The standard InChI is InChI=1S/C30H23NO5/c1-35-19-13-11-18(12-14-19)30(34)36-20-15-9-17(10-16-20)25-26-23(7-4-8-24(26)32)31-28-21-5-2-3-6-22(21)29(33)27(25)28/h2-3,5-6,9-16,25,27H,4,7-8H2,1H3. The van der Waals surface area contributed by atoms with Crippen LogP contribution in [0.25, 0.3) is 0 Å². The van der Waals surface area contributed by atoms with E-state index in [1.54, 1.807) is 43.5 Å². The molecule has 0 saturated heterocycles. The largest absolute Gasteiger partial charge is 0.497 e. The first kappa shape index (κ1) is 22.2. The first-order valence-electron chi connectivity index (χ1n) is 12.0. The Morgan fingerprint density at radius 2 is 1.53 bits per heavy atom. The second kappa shape index (κ2) is 8.72. The fraction of sp³-hybridized carbons (Fsp3) is 0.200. The van der Waals surface area contributed by atoms with Gasteiger partial charge in [-0.3, -0.25) is 14.6 Å². The normalized spacial score (nSPS) is 20.3. The molecule has 1 aliphatic heterocycles. The Balaban J connectivity index is 1.33. The third kappa shape index (κ3) is 3.57. The molecule has 6 nitrogen and oxygen atoms in total. The van der Waals surface area contributed by atoms with Crippen LogP contribution in [0.15, 0.2) is 89.1 Å². The molecule has 36 heavy (non-hydrogen) atoms. The van der Waals surface area contributed by atoms with Crippen molar-refractivity contribution in [3.8, 4) is 11.5 Å². The summed E-state index contributed by atoms with van der Waals surface area (Å²) in [7, 11) is 1.56. The number of fused-ring (bicyclic) bond motifs is 3. The first-order chi connectivity index (χ1) is 17.5. The van der Waals surface area contributed by atoms with Gasteiger partial charge in [0.05, 0.1) is 24.3 Å². The highest BCUT2D eigenvalue weighted by Crippen LogP contribution is 2.48. The van der Waals surface area contributed by atoms with E-state index in [2.05, 4.69) is 0 Å². The Bertz CT molecular complexity index is 1460. The minimum absolute atomic E-state index is 0.00529. The topological polar surface area (TPSA) is 82.0 Å². The molecule has 0 radical (unpaired) electrons. The van der Waals surface area contributed by atoms with Gasteiger partial charge in [0, 0.05) is 34.7 Å². The maximum atomic E-state index is 13.5. The summed E-state index contributed by atoms with van der Waals surface area (Å²) < 4.78 is 10.7. The highest BCUT2D eigenvalue weighted by molar-refractivity contribution is 6.30. The molecule has 6 heteroatoms. The van der Waals surface area contributed by atoms with E-state index in [0.717, 1.165) is 35.4 Å². The average molecular weight is 478 g/mol. The van der Waals surface area contributed by atoms with Crippen LogP contribution >= 0.6 is 0 Å². The smallest absolute Gasteiger partial charge is 0.343 e. The number of Topliss-reactive ketones (excluding diaryl/α,β-unsaturated/α-hetero) is 2. The number of rotatable bonds is 4. The van der Waals surface area contributed by atoms with Gasteiger partial charge in [0.1, 0.15) is 11.5 Å². The molecule has 0 spiro atoms. The number of carbonyl (C=O) groups is 3. The van der Waals surface area contributed by atoms with Gasteiger partial charge in [0.25, 0.3) is 0 Å². The van der Waals surface area contributed by atoms with E-state index >= 15 is 0 Å². The van der Waals surface area contributed by atoms with E-state index in [4.69, 9.17) is 14.5 Å². The molecule has 178 valence electrons. The number of carbonyl (C=O) groups excluding carboxylic acids is 3. The number of benzene rings is 3. The molecule has 3 aromatic rings. The third-order valence-electron chi connectivity index (χ3n) is 7.15. The van der Waals surface area contributed by atoms with Crippen LogP contribution in [-0.2, 0) is 4.79 Å². The summed E-state index contributed by atoms with van der Waals surface area (Å²) in [6.07, 6.45) is 1.95. The lowest BCUT2D eigenvalue weighted by Gasteiger charge is -2.33. The third-order valence-corrected chi connectivity index (χ3v) is 7.15. The zero-order chi connectivity index (χ0) is 24.8. The molecule has 2 unspecified atom stereocenters. The fourth-order valence-corrected chi connectivity index (χ4v) is 5.44. The number of allylic oxidation sites excluding steroid dienone is 2. The van der Waals surface area contributed by atoms with Crippen molar-refractivity contribution in [3.05, 3.63) is 106 Å². The van der Waals surface area contributed by atoms with Crippen molar-refractivity contribution >= 4 is 23.2 Å². The number of aliphatic imine (C=N–C) groups is 1. The molecule has 0 bridgehead atoms. The summed E-state index contributed by atoms with van der Waals surface area (Å²) in [6, 6.07) is 21.3. The van der Waals surface area contributed by atoms with Crippen LogP contribution in [-0.4, -0.2) is 30.4 Å². The second-order valence-electron chi connectivity index (χ2n) is 9.19. The van der Waals surface area contributed by atoms with Crippen molar-refractivity contribution in [1.82, 2.24) is 0 Å². The lowest BCUT2D eigenvalue weighted by molar-refractivity contribution is -0.116. The summed E-state index contributed by atoms with van der Waals surface area (Å²) >= 11 is 0. The van der Waals surface area contributed by atoms with Gasteiger partial charge in [-0.05, 0) is 54.8 Å². The van der Waals surface area contributed by atoms with E-state index < -0.39 is 17.8 Å². The predicted molar refractivity (Wildman–Crippen MR) is 134 cm³/mol. The lowest BCUT2D eigenvalue weighted by Crippen LogP contribution is -2.33. The predicted octanol–water partition coefficient (Wildman–Crippen LogP) is 5.32. The molecule has 0 amide bonds. The molecule has 0 N–H and O–H groups in total. The van der Waals surface area contributed by atoms with Crippen molar-refractivity contribution in [3.63, 3.8) is 0 Å². The van der Waals surface area contributed by atoms with Crippen LogP contribution in [0.1, 0.15) is 57.0 Å². The highest BCUT2D eigenvalue weighted by atomic mass is 16.5. The lowest BCUT2D eigenvalue weighted by atomic mass is 9.71. The van der Waals surface area contributed by atoms with E-state index in [-0.39, 0.29) is 11.6 Å². The monoisotopic (exact) mass is 477 g/mol. The quantitative estimate of drug-likeness (QED) is 0.375. The van der Waals surface area contributed by atoms with E-state index in [0.29, 0.717) is 34.6 Å². The average Bonchev–Trinajstić information content (AvgIpc) is 3.20. The molecule has 0 aromatic heterocycles. The van der Waals surface area contributed by atoms with Crippen molar-refractivity contribution < 1.29 is 23.9 Å². The minimum Gasteiger partial charge on any atom is -0.497 e. The Labute approximate surface area is 208 Å². The summed E-state index contributed by atoms with van der Waals surface area (Å²) in [5.74, 6) is -0.332. The van der Waals surface area contributed by atoms with Gasteiger partial charge in [0.2, 0.25) is 0 Å². The van der Waals surface area contributed by atoms with Gasteiger partial charge in [-0.1, -0.05) is 36.4 Å². The molecule has 1 heterocycles.